The smallest absolute Gasteiger partial charge is 0.276 e. The monoisotopic (exact) mass is 375 g/mol. The zero-order valence-corrected chi connectivity index (χ0v) is 14.8. The number of nitrogens with zero attached hydrogens (tertiary/aromatic N) is 3. The standard InChI is InChI=1S/C20H14ClN5O/c21-14-7-1-2-8-15(14)23-18-11-10-17(25-26-18)20(27)24-16-9-3-5-13-6-4-12-22-19(13)16/h1-12H,(H,23,26)(H,24,27). The Bertz CT molecular complexity index is 1110. The summed E-state index contributed by atoms with van der Waals surface area (Å²) < 4.78 is 0. The normalized spacial score (nSPS) is 10.6. The summed E-state index contributed by atoms with van der Waals surface area (Å²) in [5, 5.41) is 15.5. The first-order valence-corrected chi connectivity index (χ1v) is 8.59. The first-order valence-electron chi connectivity index (χ1n) is 8.21. The van der Waals surface area contributed by atoms with Gasteiger partial charge in [-0.05, 0) is 36.4 Å². The van der Waals surface area contributed by atoms with Crippen molar-refractivity contribution in [2.24, 2.45) is 0 Å². The summed E-state index contributed by atoms with van der Waals surface area (Å²) in [5.41, 5.74) is 2.26. The summed E-state index contributed by atoms with van der Waals surface area (Å²) >= 11 is 6.11. The van der Waals surface area contributed by atoms with Crippen LogP contribution in [0.2, 0.25) is 5.02 Å². The highest BCUT2D eigenvalue weighted by Crippen LogP contribution is 2.24. The first kappa shape index (κ1) is 16.9. The number of halogens is 1. The number of aromatic nitrogens is 3. The summed E-state index contributed by atoms with van der Waals surface area (Å²) in [7, 11) is 0. The van der Waals surface area contributed by atoms with Crippen molar-refractivity contribution in [3.8, 4) is 0 Å². The number of hydrogen-bond acceptors (Lipinski definition) is 5. The third-order valence-corrected chi connectivity index (χ3v) is 4.24. The van der Waals surface area contributed by atoms with Crippen LogP contribution in [-0.2, 0) is 0 Å². The third-order valence-electron chi connectivity index (χ3n) is 3.91. The Morgan fingerprint density at radius 3 is 2.48 bits per heavy atom. The van der Waals surface area contributed by atoms with Crippen molar-refractivity contribution in [1.82, 2.24) is 15.2 Å². The molecule has 2 aromatic carbocycles. The number of hydrogen-bond donors (Lipinski definition) is 2. The molecule has 27 heavy (non-hydrogen) atoms. The minimum Gasteiger partial charge on any atom is -0.338 e. The lowest BCUT2D eigenvalue weighted by molar-refractivity contribution is 0.102. The summed E-state index contributed by atoms with van der Waals surface area (Å²) in [6.07, 6.45) is 1.69. The maximum atomic E-state index is 12.5. The Balaban J connectivity index is 1.52. The van der Waals surface area contributed by atoms with Gasteiger partial charge in [0.15, 0.2) is 11.5 Å². The van der Waals surface area contributed by atoms with E-state index in [1.165, 1.54) is 0 Å². The van der Waals surface area contributed by atoms with Gasteiger partial charge in [0.25, 0.3) is 5.91 Å². The first-order chi connectivity index (χ1) is 13.2. The molecule has 2 heterocycles. The Morgan fingerprint density at radius 2 is 1.67 bits per heavy atom. The number of para-hydroxylation sites is 2. The number of fused-ring (bicyclic) bond motifs is 1. The van der Waals surface area contributed by atoms with Gasteiger partial charge in [-0.25, -0.2) is 0 Å². The molecule has 7 heteroatoms. The van der Waals surface area contributed by atoms with Crippen molar-refractivity contribution < 1.29 is 4.79 Å². The van der Waals surface area contributed by atoms with Crippen molar-refractivity contribution in [2.75, 3.05) is 10.6 Å². The average Bonchev–Trinajstić information content (AvgIpc) is 2.70. The van der Waals surface area contributed by atoms with Crippen molar-refractivity contribution in [3.05, 3.63) is 83.6 Å². The van der Waals surface area contributed by atoms with Gasteiger partial charge in [0.2, 0.25) is 0 Å². The molecule has 0 unspecified atom stereocenters. The van der Waals surface area contributed by atoms with Crippen molar-refractivity contribution in [1.29, 1.82) is 0 Å². The number of benzene rings is 2. The molecule has 0 spiro atoms. The van der Waals surface area contributed by atoms with Crippen LogP contribution in [0, 0.1) is 0 Å². The number of carbonyl (C=O) groups is 1. The molecule has 0 radical (unpaired) electrons. The summed E-state index contributed by atoms with van der Waals surface area (Å²) in [6.45, 7) is 0. The minimum absolute atomic E-state index is 0.202. The maximum Gasteiger partial charge on any atom is 0.276 e. The molecule has 0 saturated carbocycles. The van der Waals surface area contributed by atoms with Gasteiger partial charge in [-0.15, -0.1) is 10.2 Å². The lowest BCUT2D eigenvalue weighted by atomic mass is 10.2. The zero-order valence-electron chi connectivity index (χ0n) is 14.1. The number of rotatable bonds is 4. The van der Waals surface area contributed by atoms with E-state index < -0.39 is 0 Å². The molecule has 4 rings (SSSR count). The number of nitrogens with one attached hydrogen (secondary N) is 2. The van der Waals surface area contributed by atoms with E-state index >= 15 is 0 Å². The van der Waals surface area contributed by atoms with Crippen LogP contribution in [0.4, 0.5) is 17.2 Å². The van der Waals surface area contributed by atoms with Crippen LogP contribution in [0.3, 0.4) is 0 Å². The van der Waals surface area contributed by atoms with Crippen LogP contribution < -0.4 is 10.6 Å². The molecule has 0 aliphatic heterocycles. The average molecular weight is 376 g/mol. The molecule has 0 atom stereocenters. The molecular weight excluding hydrogens is 362 g/mol. The lowest BCUT2D eigenvalue weighted by Crippen LogP contribution is -2.15. The van der Waals surface area contributed by atoms with Crippen molar-refractivity contribution in [3.63, 3.8) is 0 Å². The van der Waals surface area contributed by atoms with Gasteiger partial charge in [-0.2, -0.15) is 0 Å². The molecule has 2 N–H and O–H groups in total. The van der Waals surface area contributed by atoms with Gasteiger partial charge in [-0.3, -0.25) is 9.78 Å². The zero-order chi connectivity index (χ0) is 18.6. The molecule has 2 aromatic heterocycles. The predicted molar refractivity (Wildman–Crippen MR) is 106 cm³/mol. The predicted octanol–water partition coefficient (Wildman–Crippen LogP) is 4.67. The van der Waals surface area contributed by atoms with E-state index in [9.17, 15) is 4.79 Å². The summed E-state index contributed by atoms with van der Waals surface area (Å²) in [5.74, 6) is 0.136. The molecule has 6 nitrogen and oxygen atoms in total. The van der Waals surface area contributed by atoms with Crippen LogP contribution in [0.5, 0.6) is 0 Å². The van der Waals surface area contributed by atoms with Crippen LogP contribution >= 0.6 is 11.6 Å². The van der Waals surface area contributed by atoms with Crippen LogP contribution in [0.15, 0.2) is 72.9 Å². The van der Waals surface area contributed by atoms with Gasteiger partial charge >= 0.3 is 0 Å². The van der Waals surface area contributed by atoms with E-state index in [0.717, 1.165) is 10.9 Å². The third kappa shape index (κ3) is 3.70. The van der Waals surface area contributed by atoms with E-state index in [1.54, 1.807) is 30.5 Å². The van der Waals surface area contributed by atoms with Gasteiger partial charge in [-0.1, -0.05) is 41.9 Å². The summed E-state index contributed by atoms with van der Waals surface area (Å²) in [6, 6.07) is 20.0. The Kier molecular flexibility index (Phi) is 4.63. The molecule has 4 aromatic rings. The Labute approximate surface area is 160 Å². The Hall–Kier alpha value is -3.51. The quantitative estimate of drug-likeness (QED) is 0.541. The fourth-order valence-corrected chi connectivity index (χ4v) is 2.80. The van der Waals surface area contributed by atoms with Gasteiger partial charge < -0.3 is 10.6 Å². The van der Waals surface area contributed by atoms with E-state index in [1.807, 2.05) is 42.5 Å². The fourth-order valence-electron chi connectivity index (χ4n) is 2.61. The largest absolute Gasteiger partial charge is 0.338 e. The fraction of sp³-hybridized carbons (Fsp3) is 0. The van der Waals surface area contributed by atoms with Crippen molar-refractivity contribution in [2.45, 2.75) is 0 Å². The second kappa shape index (κ2) is 7.39. The molecule has 0 aliphatic carbocycles. The SMILES string of the molecule is O=C(Nc1cccc2cccnc12)c1ccc(Nc2ccccc2Cl)nn1. The number of carbonyl (C=O) groups excluding carboxylic acids is 1. The van der Waals surface area contributed by atoms with Crippen LogP contribution in [0.25, 0.3) is 10.9 Å². The molecular formula is C20H14ClN5O. The second-order valence-corrected chi connectivity index (χ2v) is 6.15. The molecule has 0 bridgehead atoms. The summed E-state index contributed by atoms with van der Waals surface area (Å²) in [4.78, 5) is 16.8. The number of amides is 1. The van der Waals surface area contributed by atoms with E-state index in [4.69, 9.17) is 11.6 Å². The molecule has 0 fully saturated rings. The lowest BCUT2D eigenvalue weighted by Gasteiger charge is -2.09. The van der Waals surface area contributed by atoms with E-state index in [-0.39, 0.29) is 11.6 Å². The molecule has 1 amide bonds. The molecule has 132 valence electrons. The Morgan fingerprint density at radius 1 is 0.852 bits per heavy atom. The highest BCUT2D eigenvalue weighted by Gasteiger charge is 2.11. The second-order valence-electron chi connectivity index (χ2n) is 5.74. The van der Waals surface area contributed by atoms with Crippen LogP contribution in [-0.4, -0.2) is 21.1 Å². The highest BCUT2D eigenvalue weighted by atomic mass is 35.5. The number of pyridine rings is 1. The van der Waals surface area contributed by atoms with Gasteiger partial charge in [0, 0.05) is 11.6 Å². The minimum atomic E-state index is -0.357. The topological polar surface area (TPSA) is 79.8 Å². The van der Waals surface area contributed by atoms with Crippen LogP contribution in [0.1, 0.15) is 10.5 Å². The molecule has 0 saturated heterocycles. The van der Waals surface area contributed by atoms with E-state index in [2.05, 4.69) is 25.8 Å². The number of anilines is 3. The molecule has 0 aliphatic rings. The highest BCUT2D eigenvalue weighted by molar-refractivity contribution is 6.33. The van der Waals surface area contributed by atoms with Gasteiger partial charge in [0.05, 0.1) is 21.9 Å². The maximum absolute atomic E-state index is 12.5. The van der Waals surface area contributed by atoms with E-state index in [0.29, 0.717) is 22.2 Å². The van der Waals surface area contributed by atoms with Gasteiger partial charge in [0.1, 0.15) is 0 Å². The van der Waals surface area contributed by atoms with Crippen molar-refractivity contribution >= 4 is 45.6 Å².